The number of thiocarbonyl (C=S) groups is 1. The maximum atomic E-state index is 12.6. The molecule has 1 saturated heterocycles. The average molecular weight is 484 g/mol. The normalized spacial score (nSPS) is 14.6. The number of para-hydroxylation sites is 1. The number of carbonyl (C=O) groups excluding carboxylic acids is 1. The van der Waals surface area contributed by atoms with Gasteiger partial charge in [0.1, 0.15) is 10.1 Å². The van der Waals surface area contributed by atoms with Crippen LogP contribution in [0.4, 0.5) is 0 Å². The summed E-state index contributed by atoms with van der Waals surface area (Å²) in [7, 11) is 0. The van der Waals surface area contributed by atoms with Crippen molar-refractivity contribution in [2.45, 2.75) is 27.2 Å². The number of rotatable bonds is 11. The third-order valence-electron chi connectivity index (χ3n) is 4.95. The van der Waals surface area contributed by atoms with Crippen LogP contribution in [-0.2, 0) is 4.79 Å². The summed E-state index contributed by atoms with van der Waals surface area (Å²) in [5.41, 5.74) is 3.11. The largest absolute Gasteiger partial charge is 0.493 e. The lowest BCUT2D eigenvalue weighted by atomic mass is 10.1. The van der Waals surface area contributed by atoms with E-state index in [-0.39, 0.29) is 5.91 Å². The molecule has 1 amide bonds. The summed E-state index contributed by atoms with van der Waals surface area (Å²) in [5.74, 6) is 2.14. The lowest BCUT2D eigenvalue weighted by molar-refractivity contribution is -0.121. The van der Waals surface area contributed by atoms with Crippen molar-refractivity contribution in [1.29, 1.82) is 0 Å². The van der Waals surface area contributed by atoms with E-state index in [0.717, 1.165) is 28.9 Å². The van der Waals surface area contributed by atoms with Gasteiger partial charge in [0, 0.05) is 13.0 Å². The highest BCUT2D eigenvalue weighted by molar-refractivity contribution is 8.26. The third kappa shape index (κ3) is 6.39. The zero-order valence-electron chi connectivity index (χ0n) is 19.3. The predicted molar refractivity (Wildman–Crippen MR) is 139 cm³/mol. The molecule has 2 aromatic carbocycles. The molecule has 1 aliphatic heterocycles. The fourth-order valence-electron chi connectivity index (χ4n) is 3.38. The molecule has 174 valence electrons. The smallest absolute Gasteiger partial charge is 0.266 e. The van der Waals surface area contributed by atoms with Crippen LogP contribution in [0.1, 0.15) is 30.0 Å². The molecular formula is C26H29NO4S2. The Kier molecular flexibility index (Phi) is 8.97. The van der Waals surface area contributed by atoms with E-state index in [4.69, 9.17) is 26.4 Å². The Morgan fingerprint density at radius 1 is 1.06 bits per heavy atom. The van der Waals surface area contributed by atoms with Gasteiger partial charge in [0.2, 0.25) is 0 Å². The van der Waals surface area contributed by atoms with Gasteiger partial charge in [0.25, 0.3) is 5.91 Å². The van der Waals surface area contributed by atoms with Crippen molar-refractivity contribution in [3.63, 3.8) is 0 Å². The molecule has 0 aromatic heterocycles. The van der Waals surface area contributed by atoms with Crippen LogP contribution in [0.25, 0.3) is 6.08 Å². The minimum absolute atomic E-state index is 0.105. The first-order valence-corrected chi connectivity index (χ1v) is 12.1. The first-order chi connectivity index (χ1) is 15.9. The lowest BCUT2D eigenvalue weighted by Crippen LogP contribution is -2.27. The minimum Gasteiger partial charge on any atom is -0.493 e. The molecule has 0 bridgehead atoms. The molecular weight excluding hydrogens is 454 g/mol. The molecule has 33 heavy (non-hydrogen) atoms. The van der Waals surface area contributed by atoms with Gasteiger partial charge in [0.15, 0.2) is 11.5 Å². The summed E-state index contributed by atoms with van der Waals surface area (Å²) < 4.78 is 18.2. The third-order valence-corrected chi connectivity index (χ3v) is 6.33. The first kappa shape index (κ1) is 24.9. The highest BCUT2D eigenvalue weighted by atomic mass is 32.2. The molecule has 1 fully saturated rings. The standard InChI is InChI=1S/C26H29NO4S2/c1-5-13-27-25(28)23(33-26(27)32)17-20-11-12-21(22(16-20)29-6-2)30-14-8-15-31-24-18(3)9-7-10-19(24)4/h5,7,9-12,16-17H,1,6,8,13-15H2,2-4H3/b23-17+. The first-order valence-electron chi connectivity index (χ1n) is 10.9. The number of hydrogen-bond donors (Lipinski definition) is 0. The van der Waals surface area contributed by atoms with Gasteiger partial charge in [-0.05, 0) is 55.7 Å². The predicted octanol–water partition coefficient (Wildman–Crippen LogP) is 5.94. The van der Waals surface area contributed by atoms with Gasteiger partial charge in [-0.3, -0.25) is 9.69 Å². The minimum atomic E-state index is -0.105. The second-order valence-corrected chi connectivity index (χ2v) is 9.17. The fourth-order valence-corrected chi connectivity index (χ4v) is 4.66. The monoisotopic (exact) mass is 483 g/mol. The second kappa shape index (κ2) is 11.9. The molecule has 1 aliphatic rings. The lowest BCUT2D eigenvalue weighted by Gasteiger charge is -2.14. The van der Waals surface area contributed by atoms with Crippen molar-refractivity contribution in [2.24, 2.45) is 0 Å². The van der Waals surface area contributed by atoms with Crippen LogP contribution in [0.5, 0.6) is 17.2 Å². The van der Waals surface area contributed by atoms with Gasteiger partial charge in [-0.15, -0.1) is 6.58 Å². The highest BCUT2D eigenvalue weighted by Crippen LogP contribution is 2.35. The fraction of sp³-hybridized carbons (Fsp3) is 0.308. The molecule has 0 saturated carbocycles. The van der Waals surface area contributed by atoms with E-state index in [1.165, 1.54) is 11.8 Å². The zero-order chi connectivity index (χ0) is 23.8. The zero-order valence-corrected chi connectivity index (χ0v) is 20.9. The van der Waals surface area contributed by atoms with Gasteiger partial charge >= 0.3 is 0 Å². The Balaban J connectivity index is 1.61. The number of hydrogen-bond acceptors (Lipinski definition) is 6. The van der Waals surface area contributed by atoms with E-state index in [2.05, 4.69) is 6.58 Å². The van der Waals surface area contributed by atoms with Crippen molar-refractivity contribution >= 4 is 40.3 Å². The Bertz CT molecular complexity index is 1040. The SMILES string of the molecule is C=CCN1C(=O)/C(=C\c2ccc(OCCCOc3c(C)cccc3C)c(OCC)c2)SC1=S. The van der Waals surface area contributed by atoms with Crippen LogP contribution < -0.4 is 14.2 Å². The number of aryl methyl sites for hydroxylation is 2. The molecule has 0 unspecified atom stereocenters. The van der Waals surface area contributed by atoms with Gasteiger partial charge in [-0.2, -0.15) is 0 Å². The molecule has 0 atom stereocenters. The summed E-state index contributed by atoms with van der Waals surface area (Å²) in [4.78, 5) is 14.7. The summed E-state index contributed by atoms with van der Waals surface area (Å²) in [6, 6.07) is 11.8. The molecule has 0 spiro atoms. The highest BCUT2D eigenvalue weighted by Gasteiger charge is 2.31. The van der Waals surface area contributed by atoms with Crippen LogP contribution in [0.2, 0.25) is 0 Å². The van der Waals surface area contributed by atoms with Gasteiger partial charge < -0.3 is 14.2 Å². The molecule has 3 rings (SSSR count). The topological polar surface area (TPSA) is 48.0 Å². The van der Waals surface area contributed by atoms with E-state index < -0.39 is 0 Å². The number of benzene rings is 2. The van der Waals surface area contributed by atoms with E-state index in [0.29, 0.717) is 47.1 Å². The summed E-state index contributed by atoms with van der Waals surface area (Å²) in [6.45, 7) is 11.7. The Hall–Kier alpha value is -2.77. The molecule has 0 aliphatic carbocycles. The van der Waals surface area contributed by atoms with Crippen LogP contribution >= 0.6 is 24.0 Å². The average Bonchev–Trinajstić information content (AvgIpc) is 3.04. The number of amides is 1. The van der Waals surface area contributed by atoms with Crippen LogP contribution in [0.3, 0.4) is 0 Å². The van der Waals surface area contributed by atoms with Crippen molar-refractivity contribution in [3.05, 3.63) is 70.6 Å². The van der Waals surface area contributed by atoms with Gasteiger partial charge in [-0.25, -0.2) is 0 Å². The van der Waals surface area contributed by atoms with Crippen molar-refractivity contribution < 1.29 is 19.0 Å². The molecule has 2 aromatic rings. The summed E-state index contributed by atoms with van der Waals surface area (Å²) in [6.07, 6.45) is 4.24. The molecule has 1 heterocycles. The Morgan fingerprint density at radius 3 is 2.48 bits per heavy atom. The maximum Gasteiger partial charge on any atom is 0.266 e. The van der Waals surface area contributed by atoms with Crippen LogP contribution in [0, 0.1) is 13.8 Å². The Labute approximate surface area is 205 Å². The summed E-state index contributed by atoms with van der Waals surface area (Å²) in [5, 5.41) is 0. The van der Waals surface area contributed by atoms with E-state index in [1.54, 1.807) is 11.0 Å². The van der Waals surface area contributed by atoms with Gasteiger partial charge in [-0.1, -0.05) is 54.3 Å². The van der Waals surface area contributed by atoms with Crippen molar-refractivity contribution in [1.82, 2.24) is 4.90 Å². The molecule has 5 nitrogen and oxygen atoms in total. The van der Waals surface area contributed by atoms with Gasteiger partial charge in [0.05, 0.1) is 24.7 Å². The van der Waals surface area contributed by atoms with Crippen LogP contribution in [0.15, 0.2) is 54.0 Å². The number of carbonyl (C=O) groups is 1. The molecule has 7 heteroatoms. The maximum absolute atomic E-state index is 12.6. The number of nitrogens with zero attached hydrogens (tertiary/aromatic N) is 1. The molecule has 0 N–H and O–H groups in total. The second-order valence-electron chi connectivity index (χ2n) is 7.49. The summed E-state index contributed by atoms with van der Waals surface area (Å²) >= 11 is 6.60. The van der Waals surface area contributed by atoms with Crippen molar-refractivity contribution in [3.8, 4) is 17.2 Å². The van der Waals surface area contributed by atoms with Crippen LogP contribution in [-0.4, -0.2) is 41.5 Å². The molecule has 0 radical (unpaired) electrons. The van der Waals surface area contributed by atoms with Crippen molar-refractivity contribution in [2.75, 3.05) is 26.4 Å². The van der Waals surface area contributed by atoms with E-state index in [1.807, 2.05) is 63.2 Å². The number of thioether (sulfide) groups is 1. The van der Waals surface area contributed by atoms with E-state index >= 15 is 0 Å². The number of ether oxygens (including phenoxy) is 3. The Morgan fingerprint density at radius 2 is 1.79 bits per heavy atom. The quantitative estimate of drug-likeness (QED) is 0.171. The van der Waals surface area contributed by atoms with E-state index in [9.17, 15) is 4.79 Å².